The van der Waals surface area contributed by atoms with Gasteiger partial charge >= 0.3 is 0 Å². The van der Waals surface area contributed by atoms with E-state index < -0.39 is 6.85 Å². The second-order valence-corrected chi connectivity index (χ2v) is 4.93. The maximum absolute atomic E-state index is 7.80. The van der Waals surface area contributed by atoms with Crippen molar-refractivity contribution in [3.63, 3.8) is 0 Å². The van der Waals surface area contributed by atoms with Gasteiger partial charge in [0.2, 0.25) is 0 Å². The number of rotatable bonds is 2. The molecule has 0 saturated carbocycles. The highest BCUT2D eigenvalue weighted by Crippen LogP contribution is 2.24. The number of para-hydroxylation sites is 1. The van der Waals surface area contributed by atoms with Gasteiger partial charge in [-0.3, -0.25) is 0 Å². The lowest BCUT2D eigenvalue weighted by molar-refractivity contribution is -0.659. The van der Waals surface area contributed by atoms with Gasteiger partial charge in [-0.2, -0.15) is 4.57 Å². The first-order chi connectivity index (χ1) is 10.9. The van der Waals surface area contributed by atoms with E-state index in [9.17, 15) is 0 Å². The molecule has 1 aromatic heterocycles. The van der Waals surface area contributed by atoms with Crippen LogP contribution in [-0.4, -0.2) is 4.57 Å². The van der Waals surface area contributed by atoms with Crippen LogP contribution < -0.4 is 4.57 Å². The van der Waals surface area contributed by atoms with Gasteiger partial charge in [-0.1, -0.05) is 36.4 Å². The number of benzene rings is 2. The second kappa shape index (κ2) is 4.97. The molecule has 0 fully saturated rings. The summed E-state index contributed by atoms with van der Waals surface area (Å²) in [6.45, 7) is -0.0925. The summed E-state index contributed by atoms with van der Waals surface area (Å²) < 4.78 is 27.4. The topological polar surface area (TPSA) is 8.81 Å². The predicted octanol–water partition coefficient (Wildman–Crippen LogP) is 3.59. The molecule has 2 heteroatoms. The molecular weight excluding hydrogens is 244 g/mol. The lowest BCUT2D eigenvalue weighted by Gasteiger charge is -2.07. The van der Waals surface area contributed by atoms with Crippen LogP contribution in [0.3, 0.4) is 0 Å². The van der Waals surface area contributed by atoms with Crippen molar-refractivity contribution in [3.05, 3.63) is 72.1 Å². The average molecular weight is 266 g/mol. The molecule has 1 heterocycles. The molecule has 0 amide bonds. The normalized spacial score (nSPS) is 13.6. The molecule has 0 saturated heterocycles. The summed E-state index contributed by atoms with van der Waals surface area (Å²) in [6, 6.07) is 15.3. The van der Waals surface area contributed by atoms with Crippen molar-refractivity contribution in [2.75, 3.05) is 0 Å². The number of nitrogens with zero attached hydrogens (tertiary/aromatic N) is 2. The molecule has 0 radical (unpaired) electrons. The Kier molecular flexibility index (Phi) is 2.37. The first-order valence-corrected chi connectivity index (χ1v) is 6.62. The van der Waals surface area contributed by atoms with E-state index in [0.717, 1.165) is 17.0 Å². The predicted molar refractivity (Wildman–Crippen MR) is 81.9 cm³/mol. The van der Waals surface area contributed by atoms with Crippen molar-refractivity contribution in [2.45, 2.75) is 13.8 Å². The fraction of sp³-hybridized carbons (Fsp3) is 0.167. The zero-order valence-corrected chi connectivity index (χ0v) is 11.7. The molecular formula is C18H19N2+. The molecule has 2 nitrogen and oxygen atoms in total. The lowest BCUT2D eigenvalue weighted by atomic mass is 10.1. The Morgan fingerprint density at radius 2 is 1.70 bits per heavy atom. The van der Waals surface area contributed by atoms with Crippen molar-refractivity contribution in [2.24, 2.45) is 7.05 Å². The highest BCUT2D eigenvalue weighted by atomic mass is 15.1. The number of aryl methyl sites for hydroxylation is 3. The molecule has 0 aliphatic rings. The minimum Gasteiger partial charge on any atom is -0.232 e. The SMILES string of the molecule is [2H]C([2H])([2H])c1ccccc1-n1cc[n+](C)c1-c1ccccc1C. The highest BCUT2D eigenvalue weighted by molar-refractivity contribution is 5.61. The minimum absolute atomic E-state index is 0.353. The number of aromatic nitrogens is 2. The molecule has 0 unspecified atom stereocenters. The van der Waals surface area contributed by atoms with E-state index in [0.29, 0.717) is 11.3 Å². The summed E-state index contributed by atoms with van der Waals surface area (Å²) in [5.74, 6) is 0.958. The van der Waals surface area contributed by atoms with Gasteiger partial charge in [0.1, 0.15) is 18.1 Å². The summed E-state index contributed by atoms with van der Waals surface area (Å²) in [6.07, 6.45) is 3.85. The third kappa shape index (κ3) is 2.03. The van der Waals surface area contributed by atoms with E-state index in [1.54, 1.807) is 12.1 Å². The van der Waals surface area contributed by atoms with E-state index in [-0.39, 0.29) is 0 Å². The van der Waals surface area contributed by atoms with Crippen LogP contribution in [0, 0.1) is 13.8 Å². The van der Waals surface area contributed by atoms with Gasteiger partial charge in [-0.25, -0.2) is 4.57 Å². The third-order valence-corrected chi connectivity index (χ3v) is 3.55. The minimum atomic E-state index is -2.15. The van der Waals surface area contributed by atoms with Crippen LogP contribution in [0.4, 0.5) is 0 Å². The van der Waals surface area contributed by atoms with Gasteiger partial charge in [0.15, 0.2) is 0 Å². The van der Waals surface area contributed by atoms with Gasteiger partial charge in [0.25, 0.3) is 5.82 Å². The van der Waals surface area contributed by atoms with Crippen LogP contribution in [-0.2, 0) is 7.05 Å². The quantitative estimate of drug-likeness (QED) is 0.627. The monoisotopic (exact) mass is 266 g/mol. The lowest BCUT2D eigenvalue weighted by Crippen LogP contribution is -2.29. The van der Waals surface area contributed by atoms with Gasteiger partial charge in [-0.15, -0.1) is 0 Å². The summed E-state index contributed by atoms with van der Waals surface area (Å²) >= 11 is 0. The molecule has 0 aliphatic carbocycles. The van der Waals surface area contributed by atoms with E-state index in [2.05, 4.69) is 19.1 Å². The average Bonchev–Trinajstić information content (AvgIpc) is 2.88. The molecule has 0 N–H and O–H groups in total. The summed E-state index contributed by atoms with van der Waals surface area (Å²) in [4.78, 5) is 0. The standard InChI is InChI=1S/C18H19N2/c1-14-8-4-6-10-16(14)18-19(3)12-13-20(18)17-11-7-5-9-15(17)2/h4-13H,1-3H3/q+1/i2D3. The largest absolute Gasteiger partial charge is 0.294 e. The fourth-order valence-electron chi connectivity index (χ4n) is 2.50. The maximum atomic E-state index is 7.80. The van der Waals surface area contributed by atoms with Crippen LogP contribution in [0.5, 0.6) is 0 Å². The first-order valence-electron chi connectivity index (χ1n) is 8.12. The Morgan fingerprint density at radius 3 is 2.45 bits per heavy atom. The van der Waals surface area contributed by atoms with Crippen molar-refractivity contribution in [1.29, 1.82) is 0 Å². The smallest absolute Gasteiger partial charge is 0.232 e. The zero-order valence-electron chi connectivity index (χ0n) is 14.7. The molecule has 0 atom stereocenters. The van der Waals surface area contributed by atoms with Crippen LogP contribution in [0.25, 0.3) is 17.1 Å². The number of hydrogen-bond donors (Lipinski definition) is 0. The summed E-state index contributed by atoms with van der Waals surface area (Å²) in [5.41, 5.74) is 3.27. The van der Waals surface area contributed by atoms with Crippen LogP contribution >= 0.6 is 0 Å². The Morgan fingerprint density at radius 1 is 1.00 bits per heavy atom. The number of imidazole rings is 1. The molecule has 2 aromatic carbocycles. The van der Waals surface area contributed by atoms with Crippen LogP contribution in [0.15, 0.2) is 60.9 Å². The zero-order chi connectivity index (χ0) is 16.6. The fourth-order valence-corrected chi connectivity index (χ4v) is 2.50. The van der Waals surface area contributed by atoms with Crippen LogP contribution in [0.2, 0.25) is 0 Å². The van der Waals surface area contributed by atoms with Crippen LogP contribution in [0.1, 0.15) is 15.2 Å². The Bertz CT molecular complexity index is 847. The van der Waals surface area contributed by atoms with Gasteiger partial charge in [0, 0.05) is 4.11 Å². The van der Waals surface area contributed by atoms with Crippen molar-refractivity contribution in [1.82, 2.24) is 4.57 Å². The Balaban J connectivity index is 2.28. The summed E-state index contributed by atoms with van der Waals surface area (Å²) in [5, 5.41) is 0. The number of hydrogen-bond acceptors (Lipinski definition) is 0. The molecule has 0 aliphatic heterocycles. The molecule has 0 spiro atoms. The summed E-state index contributed by atoms with van der Waals surface area (Å²) in [7, 11) is 1.97. The van der Waals surface area contributed by atoms with E-state index in [1.165, 1.54) is 0 Å². The molecule has 0 bridgehead atoms. The van der Waals surface area contributed by atoms with Gasteiger partial charge in [0.05, 0.1) is 12.6 Å². The van der Waals surface area contributed by atoms with E-state index in [1.807, 2.05) is 52.8 Å². The highest BCUT2D eigenvalue weighted by Gasteiger charge is 2.20. The van der Waals surface area contributed by atoms with Crippen molar-refractivity contribution >= 4 is 0 Å². The second-order valence-electron chi connectivity index (χ2n) is 4.93. The van der Waals surface area contributed by atoms with E-state index >= 15 is 0 Å². The van der Waals surface area contributed by atoms with E-state index in [4.69, 9.17) is 4.11 Å². The molecule has 20 heavy (non-hydrogen) atoms. The maximum Gasteiger partial charge on any atom is 0.294 e. The molecule has 3 aromatic rings. The van der Waals surface area contributed by atoms with Gasteiger partial charge < -0.3 is 0 Å². The Labute approximate surface area is 124 Å². The first kappa shape index (κ1) is 9.54. The van der Waals surface area contributed by atoms with Crippen molar-refractivity contribution in [3.8, 4) is 17.1 Å². The Hall–Kier alpha value is -2.35. The van der Waals surface area contributed by atoms with Crippen molar-refractivity contribution < 1.29 is 8.68 Å². The molecule has 100 valence electrons. The van der Waals surface area contributed by atoms with Gasteiger partial charge in [-0.05, 0) is 37.0 Å². The third-order valence-electron chi connectivity index (χ3n) is 3.55. The molecule has 3 rings (SSSR count).